The highest BCUT2D eigenvalue weighted by Gasteiger charge is 2.08. The van der Waals surface area contributed by atoms with Gasteiger partial charge in [0.2, 0.25) is 0 Å². The summed E-state index contributed by atoms with van der Waals surface area (Å²) < 4.78 is 0. The number of nitrogens with one attached hydrogen (secondary N) is 1. The molecule has 4 nitrogen and oxygen atoms in total. The second kappa shape index (κ2) is 7.20. The lowest BCUT2D eigenvalue weighted by Gasteiger charge is -2.06. The number of pyridine rings is 1. The van der Waals surface area contributed by atoms with Gasteiger partial charge in [0.15, 0.2) is 0 Å². The molecule has 2 rings (SSSR count). The van der Waals surface area contributed by atoms with Gasteiger partial charge >= 0.3 is 0 Å². The van der Waals surface area contributed by atoms with Crippen LogP contribution in [-0.2, 0) is 0 Å². The Bertz CT molecular complexity index is 672. The number of nitrogens with zero attached hydrogens (tertiary/aromatic N) is 2. The second-order valence-corrected chi connectivity index (χ2v) is 5.01. The van der Waals surface area contributed by atoms with E-state index in [1.54, 1.807) is 36.5 Å². The summed E-state index contributed by atoms with van der Waals surface area (Å²) in [6.07, 6.45) is 2.19. The van der Waals surface area contributed by atoms with Crippen molar-refractivity contribution in [2.24, 2.45) is 5.10 Å². The fourth-order valence-corrected chi connectivity index (χ4v) is 1.99. The number of carbonyl (C=O) groups excluding carboxylic acids is 1. The molecule has 1 N–H and O–H groups in total. The smallest absolute Gasteiger partial charge is 0.266 e. The van der Waals surface area contributed by atoms with Gasteiger partial charge in [0.25, 0.3) is 5.91 Å². The summed E-state index contributed by atoms with van der Waals surface area (Å²) in [5, 5.41) is 5.07. The van der Waals surface area contributed by atoms with E-state index >= 15 is 0 Å². The van der Waals surface area contributed by atoms with Crippen LogP contribution in [0, 0.1) is 0 Å². The highest BCUT2D eigenvalue weighted by Crippen LogP contribution is 2.23. The van der Waals surface area contributed by atoms with Gasteiger partial charge in [-0.2, -0.15) is 5.10 Å². The van der Waals surface area contributed by atoms with Crippen LogP contribution in [0.5, 0.6) is 0 Å². The van der Waals surface area contributed by atoms with E-state index in [1.807, 2.05) is 13.0 Å². The Morgan fingerprint density at radius 3 is 2.67 bits per heavy atom. The number of carbonyl (C=O) groups is 1. The molecule has 1 amide bonds. The van der Waals surface area contributed by atoms with Crippen molar-refractivity contribution in [3.8, 4) is 0 Å². The minimum Gasteiger partial charge on any atom is -0.266 e. The predicted octanol–water partition coefficient (Wildman–Crippen LogP) is 3.93. The first-order valence-electron chi connectivity index (χ1n) is 6.35. The Morgan fingerprint density at radius 1 is 1.24 bits per heavy atom. The van der Waals surface area contributed by atoms with E-state index in [0.717, 1.165) is 5.56 Å². The summed E-state index contributed by atoms with van der Waals surface area (Å²) >= 11 is 11.9. The molecule has 0 aliphatic rings. The first-order valence-corrected chi connectivity index (χ1v) is 7.10. The Hall–Kier alpha value is -1.91. The van der Waals surface area contributed by atoms with Crippen molar-refractivity contribution in [3.63, 3.8) is 0 Å². The van der Waals surface area contributed by atoms with Gasteiger partial charge in [-0.1, -0.05) is 42.3 Å². The molecular formula is C15H13Cl2N3O. The monoisotopic (exact) mass is 321 g/mol. The van der Waals surface area contributed by atoms with Gasteiger partial charge in [-0.25, -0.2) is 5.43 Å². The number of amides is 1. The maximum absolute atomic E-state index is 11.9. The molecule has 0 saturated carbocycles. The largest absolute Gasteiger partial charge is 0.289 e. The lowest BCUT2D eigenvalue weighted by molar-refractivity contribution is 0.0950. The van der Waals surface area contributed by atoms with E-state index in [1.165, 1.54) is 0 Å². The lowest BCUT2D eigenvalue weighted by atomic mass is 10.1. The van der Waals surface area contributed by atoms with E-state index in [0.29, 0.717) is 27.9 Å². The molecule has 0 fully saturated rings. The number of hydrogen-bond acceptors (Lipinski definition) is 3. The van der Waals surface area contributed by atoms with Crippen LogP contribution in [0.4, 0.5) is 0 Å². The summed E-state index contributed by atoms with van der Waals surface area (Å²) in [4.78, 5) is 15.9. The Balaban J connectivity index is 2.17. The lowest BCUT2D eigenvalue weighted by Crippen LogP contribution is -2.20. The van der Waals surface area contributed by atoms with Gasteiger partial charge in [-0.05, 0) is 36.2 Å². The molecule has 108 valence electrons. The maximum Gasteiger partial charge on any atom is 0.289 e. The summed E-state index contributed by atoms with van der Waals surface area (Å²) in [6, 6.07) is 10.3. The zero-order valence-electron chi connectivity index (χ0n) is 11.3. The van der Waals surface area contributed by atoms with Gasteiger partial charge in [0.1, 0.15) is 5.69 Å². The van der Waals surface area contributed by atoms with Crippen molar-refractivity contribution in [2.75, 3.05) is 0 Å². The first kappa shape index (κ1) is 15.5. The van der Waals surface area contributed by atoms with E-state index in [-0.39, 0.29) is 5.91 Å². The molecule has 0 saturated heterocycles. The van der Waals surface area contributed by atoms with Crippen molar-refractivity contribution >= 4 is 34.8 Å². The van der Waals surface area contributed by atoms with Crippen molar-refractivity contribution in [2.45, 2.75) is 13.3 Å². The molecule has 6 heteroatoms. The number of hydrogen-bond donors (Lipinski definition) is 1. The minimum atomic E-state index is -0.360. The molecule has 0 atom stereocenters. The topological polar surface area (TPSA) is 54.4 Å². The molecule has 0 spiro atoms. The van der Waals surface area contributed by atoms with Crippen molar-refractivity contribution in [3.05, 3.63) is 63.9 Å². The van der Waals surface area contributed by atoms with Gasteiger partial charge < -0.3 is 0 Å². The number of halogens is 2. The van der Waals surface area contributed by atoms with E-state index in [2.05, 4.69) is 15.5 Å². The molecule has 1 aromatic heterocycles. The van der Waals surface area contributed by atoms with Crippen LogP contribution in [0.1, 0.15) is 29.4 Å². The summed E-state index contributed by atoms with van der Waals surface area (Å²) in [7, 11) is 0. The third kappa shape index (κ3) is 4.03. The summed E-state index contributed by atoms with van der Waals surface area (Å²) in [5.74, 6) is -0.360. The Labute approximate surface area is 132 Å². The van der Waals surface area contributed by atoms with E-state index < -0.39 is 0 Å². The zero-order valence-corrected chi connectivity index (χ0v) is 12.8. The first-order chi connectivity index (χ1) is 10.1. The normalized spacial score (nSPS) is 11.3. The summed E-state index contributed by atoms with van der Waals surface area (Å²) in [5.41, 5.74) is 4.32. The molecule has 0 bridgehead atoms. The predicted molar refractivity (Wildman–Crippen MR) is 85.0 cm³/mol. The maximum atomic E-state index is 11.9. The molecule has 0 aliphatic carbocycles. The molecule has 0 radical (unpaired) electrons. The Kier molecular flexibility index (Phi) is 5.31. The Morgan fingerprint density at radius 2 is 2.05 bits per heavy atom. The van der Waals surface area contributed by atoms with Crippen LogP contribution in [0.15, 0.2) is 47.7 Å². The number of benzene rings is 1. The van der Waals surface area contributed by atoms with E-state index in [4.69, 9.17) is 23.2 Å². The van der Waals surface area contributed by atoms with Gasteiger partial charge in [-0.15, -0.1) is 0 Å². The van der Waals surface area contributed by atoms with Crippen molar-refractivity contribution in [1.29, 1.82) is 0 Å². The molecule has 2 aromatic rings. The molecular weight excluding hydrogens is 309 g/mol. The number of hydrazone groups is 1. The van der Waals surface area contributed by atoms with Gasteiger partial charge in [-0.3, -0.25) is 9.78 Å². The minimum absolute atomic E-state index is 0.311. The fraction of sp³-hybridized carbons (Fsp3) is 0.133. The average Bonchev–Trinajstić information content (AvgIpc) is 2.52. The fourth-order valence-electron chi connectivity index (χ4n) is 1.70. The third-order valence-corrected chi connectivity index (χ3v) is 3.52. The standard InChI is InChI=1S/C15H13Cl2N3O/c1-2-13(10-6-7-11(16)12(17)9-10)19-20-15(21)14-5-3-4-8-18-14/h3-9H,2H2,1H3,(H,20,21)/b19-13-. The molecule has 1 heterocycles. The van der Waals surface area contributed by atoms with E-state index in [9.17, 15) is 4.79 Å². The molecule has 0 unspecified atom stereocenters. The SMILES string of the molecule is CC/C(=N/NC(=O)c1ccccn1)c1ccc(Cl)c(Cl)c1. The molecule has 0 aliphatic heterocycles. The average molecular weight is 322 g/mol. The second-order valence-electron chi connectivity index (χ2n) is 4.20. The zero-order chi connectivity index (χ0) is 15.2. The highest BCUT2D eigenvalue weighted by molar-refractivity contribution is 6.42. The number of rotatable bonds is 4. The third-order valence-electron chi connectivity index (χ3n) is 2.78. The van der Waals surface area contributed by atoms with Crippen molar-refractivity contribution < 1.29 is 4.79 Å². The molecule has 1 aromatic carbocycles. The van der Waals surface area contributed by atoms with Crippen LogP contribution in [0.2, 0.25) is 10.0 Å². The van der Waals surface area contributed by atoms with Crippen LogP contribution < -0.4 is 5.43 Å². The van der Waals surface area contributed by atoms with Crippen LogP contribution in [0.3, 0.4) is 0 Å². The molecule has 21 heavy (non-hydrogen) atoms. The highest BCUT2D eigenvalue weighted by atomic mass is 35.5. The summed E-state index contributed by atoms with van der Waals surface area (Å²) in [6.45, 7) is 1.94. The number of aromatic nitrogens is 1. The van der Waals surface area contributed by atoms with Gasteiger partial charge in [0, 0.05) is 6.20 Å². The van der Waals surface area contributed by atoms with Gasteiger partial charge in [0.05, 0.1) is 15.8 Å². The quantitative estimate of drug-likeness (QED) is 0.685. The van der Waals surface area contributed by atoms with Crippen LogP contribution in [0.25, 0.3) is 0 Å². The van der Waals surface area contributed by atoms with Crippen LogP contribution in [-0.4, -0.2) is 16.6 Å². The van der Waals surface area contributed by atoms with Crippen LogP contribution >= 0.6 is 23.2 Å². The van der Waals surface area contributed by atoms with Crippen molar-refractivity contribution in [1.82, 2.24) is 10.4 Å².